The van der Waals surface area contributed by atoms with Crippen LogP contribution in [0.25, 0.3) is 0 Å². The van der Waals surface area contributed by atoms with Gasteiger partial charge in [-0.15, -0.1) is 0 Å². The first-order valence-corrected chi connectivity index (χ1v) is 3.01. The average Bonchev–Trinajstić information content (AvgIpc) is 1.65. The highest BCUT2D eigenvalue weighted by atomic mass is 32.1. The van der Waals surface area contributed by atoms with Crippen molar-refractivity contribution < 1.29 is 0 Å². The Labute approximate surface area is 54.7 Å². The van der Waals surface area contributed by atoms with Crippen LogP contribution in [0.1, 0.15) is 6.42 Å². The maximum Gasteiger partial charge on any atom is 0.0815 e. The van der Waals surface area contributed by atoms with Gasteiger partial charge < -0.3 is 5.73 Å². The third-order valence-corrected chi connectivity index (χ3v) is 1.41. The summed E-state index contributed by atoms with van der Waals surface area (Å²) >= 11 is 4.16. The molecule has 44 valence electrons. The number of allylic oxidation sites excluding steroid dienone is 2. The molecule has 0 saturated carbocycles. The van der Waals surface area contributed by atoms with Crippen molar-refractivity contribution >= 4 is 12.6 Å². The number of nitrogens with two attached hydrogens (primary N) is 1. The lowest BCUT2D eigenvalue weighted by molar-refractivity contribution is 0.764. The first kappa shape index (κ1) is 5.92. The van der Waals surface area contributed by atoms with Crippen LogP contribution in [-0.4, -0.2) is 4.87 Å². The van der Waals surface area contributed by atoms with E-state index in [4.69, 9.17) is 5.73 Å². The van der Waals surface area contributed by atoms with Crippen molar-refractivity contribution in [3.63, 3.8) is 0 Å². The van der Waals surface area contributed by atoms with Gasteiger partial charge in [0.2, 0.25) is 0 Å². The second-order valence-corrected chi connectivity index (χ2v) is 2.82. The van der Waals surface area contributed by atoms with Crippen LogP contribution in [0.3, 0.4) is 0 Å². The smallest absolute Gasteiger partial charge is 0.0815 e. The molecule has 0 bridgehead atoms. The first-order valence-electron chi connectivity index (χ1n) is 2.56. The summed E-state index contributed by atoms with van der Waals surface area (Å²) in [6.07, 6.45) is 8.60. The van der Waals surface area contributed by atoms with Crippen LogP contribution in [-0.2, 0) is 0 Å². The Hall–Kier alpha value is -0.210. The van der Waals surface area contributed by atoms with E-state index in [-0.39, 0.29) is 0 Å². The predicted octanol–water partition coefficient (Wildman–Crippen LogP) is 1.09. The zero-order chi connectivity index (χ0) is 6.04. The van der Waals surface area contributed by atoms with E-state index in [0.717, 1.165) is 6.42 Å². The van der Waals surface area contributed by atoms with Gasteiger partial charge in [-0.05, 0) is 6.42 Å². The number of thiol groups is 1. The summed E-state index contributed by atoms with van der Waals surface area (Å²) in [5.41, 5.74) is 5.60. The van der Waals surface area contributed by atoms with Gasteiger partial charge in [-0.25, -0.2) is 0 Å². The van der Waals surface area contributed by atoms with E-state index in [0.29, 0.717) is 0 Å². The van der Waals surface area contributed by atoms with Gasteiger partial charge in [0.05, 0.1) is 4.87 Å². The van der Waals surface area contributed by atoms with Gasteiger partial charge in [-0.3, -0.25) is 0 Å². The Morgan fingerprint density at radius 2 is 2.25 bits per heavy atom. The lowest BCUT2D eigenvalue weighted by Gasteiger charge is -2.18. The van der Waals surface area contributed by atoms with E-state index in [1.54, 1.807) is 0 Å². The molecule has 1 unspecified atom stereocenters. The van der Waals surface area contributed by atoms with Crippen LogP contribution >= 0.6 is 12.6 Å². The van der Waals surface area contributed by atoms with Crippen molar-refractivity contribution in [1.82, 2.24) is 0 Å². The molecular formula is C6H9NS. The molecule has 0 aromatic carbocycles. The van der Waals surface area contributed by atoms with Gasteiger partial charge in [-0.1, -0.05) is 24.3 Å². The molecule has 0 aliphatic heterocycles. The molecule has 1 rings (SSSR count). The molecule has 0 aromatic rings. The van der Waals surface area contributed by atoms with Gasteiger partial charge in [0.1, 0.15) is 0 Å². The topological polar surface area (TPSA) is 26.0 Å². The zero-order valence-electron chi connectivity index (χ0n) is 4.54. The van der Waals surface area contributed by atoms with Crippen LogP contribution in [0.15, 0.2) is 24.3 Å². The Morgan fingerprint density at radius 1 is 1.50 bits per heavy atom. The fraction of sp³-hybridized carbons (Fsp3) is 0.333. The molecule has 1 atom stereocenters. The second kappa shape index (κ2) is 1.96. The van der Waals surface area contributed by atoms with Crippen LogP contribution in [0, 0.1) is 0 Å². The van der Waals surface area contributed by atoms with Crippen LogP contribution in [0.4, 0.5) is 0 Å². The minimum absolute atomic E-state index is 0.394. The van der Waals surface area contributed by atoms with E-state index in [2.05, 4.69) is 12.6 Å². The highest BCUT2D eigenvalue weighted by Crippen LogP contribution is 2.17. The molecule has 1 aliphatic rings. The minimum Gasteiger partial charge on any atom is -0.314 e. The summed E-state index contributed by atoms with van der Waals surface area (Å²) in [6, 6.07) is 0. The molecule has 0 spiro atoms. The van der Waals surface area contributed by atoms with E-state index in [1.807, 2.05) is 24.3 Å². The van der Waals surface area contributed by atoms with Gasteiger partial charge >= 0.3 is 0 Å². The average molecular weight is 127 g/mol. The maximum absolute atomic E-state index is 5.60. The predicted molar refractivity (Wildman–Crippen MR) is 38.8 cm³/mol. The van der Waals surface area contributed by atoms with Gasteiger partial charge in [0.25, 0.3) is 0 Å². The summed E-state index contributed by atoms with van der Waals surface area (Å²) in [4.78, 5) is -0.394. The van der Waals surface area contributed by atoms with E-state index >= 15 is 0 Å². The number of hydrogen-bond donors (Lipinski definition) is 2. The Bertz CT molecular complexity index is 135. The van der Waals surface area contributed by atoms with Gasteiger partial charge in [0.15, 0.2) is 0 Å². The van der Waals surface area contributed by atoms with Crippen molar-refractivity contribution in [3.05, 3.63) is 24.3 Å². The maximum atomic E-state index is 5.60. The van der Waals surface area contributed by atoms with Crippen LogP contribution in [0.2, 0.25) is 0 Å². The second-order valence-electron chi connectivity index (χ2n) is 1.98. The molecule has 0 saturated heterocycles. The van der Waals surface area contributed by atoms with Crippen molar-refractivity contribution in [2.45, 2.75) is 11.3 Å². The van der Waals surface area contributed by atoms with Crippen molar-refractivity contribution in [2.75, 3.05) is 0 Å². The molecule has 0 fully saturated rings. The molecule has 0 radical (unpaired) electrons. The fourth-order valence-electron chi connectivity index (χ4n) is 0.626. The molecule has 0 amide bonds. The summed E-state index contributed by atoms with van der Waals surface area (Å²) in [6.45, 7) is 0. The largest absolute Gasteiger partial charge is 0.314 e. The molecule has 2 N–H and O–H groups in total. The summed E-state index contributed by atoms with van der Waals surface area (Å²) in [7, 11) is 0. The van der Waals surface area contributed by atoms with Gasteiger partial charge in [-0.2, -0.15) is 12.6 Å². The highest BCUT2D eigenvalue weighted by Gasteiger charge is 2.13. The Balaban J connectivity index is 2.65. The molecule has 0 heterocycles. The molecule has 1 nitrogen and oxygen atoms in total. The standard InChI is InChI=1S/C6H9NS/c7-6(8)4-2-1-3-5-6/h1-4,8H,5,7H2. The molecule has 0 aromatic heterocycles. The molecule has 8 heavy (non-hydrogen) atoms. The number of rotatable bonds is 0. The SMILES string of the molecule is NC1(S)C=CC=CC1. The minimum atomic E-state index is -0.394. The number of hydrogen-bond acceptors (Lipinski definition) is 2. The molecule has 2 heteroatoms. The third-order valence-electron chi connectivity index (χ3n) is 1.08. The van der Waals surface area contributed by atoms with E-state index in [9.17, 15) is 0 Å². The van der Waals surface area contributed by atoms with Gasteiger partial charge in [0, 0.05) is 0 Å². The third kappa shape index (κ3) is 1.39. The molecular weight excluding hydrogens is 118 g/mol. The Kier molecular flexibility index (Phi) is 1.45. The van der Waals surface area contributed by atoms with Crippen molar-refractivity contribution in [2.24, 2.45) is 5.73 Å². The lowest BCUT2D eigenvalue weighted by atomic mass is 10.1. The molecule has 1 aliphatic carbocycles. The lowest BCUT2D eigenvalue weighted by Crippen LogP contribution is -2.30. The first-order chi connectivity index (χ1) is 3.71. The summed E-state index contributed by atoms with van der Waals surface area (Å²) in [5.74, 6) is 0. The monoisotopic (exact) mass is 127 g/mol. The zero-order valence-corrected chi connectivity index (χ0v) is 5.44. The highest BCUT2D eigenvalue weighted by molar-refractivity contribution is 7.82. The van der Waals surface area contributed by atoms with E-state index < -0.39 is 4.87 Å². The van der Waals surface area contributed by atoms with Crippen molar-refractivity contribution in [3.8, 4) is 0 Å². The normalized spacial score (nSPS) is 35.8. The summed E-state index contributed by atoms with van der Waals surface area (Å²) < 4.78 is 0. The van der Waals surface area contributed by atoms with Crippen LogP contribution < -0.4 is 5.73 Å². The summed E-state index contributed by atoms with van der Waals surface area (Å²) in [5, 5.41) is 0. The van der Waals surface area contributed by atoms with Crippen molar-refractivity contribution in [1.29, 1.82) is 0 Å². The fourth-order valence-corrected chi connectivity index (χ4v) is 0.817. The Morgan fingerprint density at radius 3 is 2.50 bits per heavy atom. The van der Waals surface area contributed by atoms with Crippen LogP contribution in [0.5, 0.6) is 0 Å². The van der Waals surface area contributed by atoms with E-state index in [1.165, 1.54) is 0 Å². The quantitative estimate of drug-likeness (QED) is 0.369.